The Morgan fingerprint density at radius 3 is 1.87 bits per heavy atom. The Balaban J connectivity index is 1.17. The summed E-state index contributed by atoms with van der Waals surface area (Å²) in [6, 6.07) is 60.3. The van der Waals surface area contributed by atoms with Crippen LogP contribution in [0.1, 0.15) is 0 Å². The quantitative estimate of drug-likeness (QED) is 0.186. The third kappa shape index (κ3) is 4.43. The van der Waals surface area contributed by atoms with E-state index in [9.17, 15) is 0 Å². The number of benzene rings is 8. The standard InChI is InChI=1S/C47H28N4S/c1-2-13-29(14-3-1)45-48-46(50-47(49-45)38-23-11-21-36-35-18-7-9-26-43(35)52-44(36)38)37-22-10-20-33-32(37)19-12-25-41(33)51-40-24-8-6-17-34(40)39-27-30-15-4-5-16-31(30)28-42(39)51/h1-28H. The number of para-hydroxylation sites is 1. The summed E-state index contributed by atoms with van der Waals surface area (Å²) in [7, 11) is 0. The molecule has 4 nitrogen and oxygen atoms in total. The maximum absolute atomic E-state index is 5.27. The fraction of sp³-hybridized carbons (Fsp3) is 0. The Morgan fingerprint density at radius 1 is 0.385 bits per heavy atom. The topological polar surface area (TPSA) is 43.6 Å². The minimum absolute atomic E-state index is 0.651. The van der Waals surface area contributed by atoms with Crippen LogP contribution >= 0.6 is 11.3 Å². The smallest absolute Gasteiger partial charge is 0.165 e. The van der Waals surface area contributed by atoms with Crippen LogP contribution in [-0.2, 0) is 0 Å². The summed E-state index contributed by atoms with van der Waals surface area (Å²) in [6.45, 7) is 0. The predicted molar refractivity (Wildman–Crippen MR) is 218 cm³/mol. The summed E-state index contributed by atoms with van der Waals surface area (Å²) in [5, 5.41) is 9.63. The maximum atomic E-state index is 5.27. The van der Waals surface area contributed by atoms with Gasteiger partial charge >= 0.3 is 0 Å². The SMILES string of the molecule is c1ccc(-c2nc(-c3cccc4c(-n5c6ccccc6c6cc7ccccc7cc65)cccc34)nc(-c3cccc4c3sc3ccccc34)n2)cc1. The van der Waals surface area contributed by atoms with Crippen molar-refractivity contribution in [3.05, 3.63) is 170 Å². The van der Waals surface area contributed by atoms with Crippen LogP contribution in [0.4, 0.5) is 0 Å². The molecule has 8 aromatic carbocycles. The van der Waals surface area contributed by atoms with Crippen LogP contribution in [0.25, 0.3) is 103 Å². The lowest BCUT2D eigenvalue weighted by molar-refractivity contribution is 1.08. The summed E-state index contributed by atoms with van der Waals surface area (Å²) >= 11 is 1.79. The second-order valence-electron chi connectivity index (χ2n) is 13.2. The van der Waals surface area contributed by atoms with Gasteiger partial charge < -0.3 is 4.57 Å². The molecule has 0 aliphatic rings. The van der Waals surface area contributed by atoms with E-state index in [1.165, 1.54) is 52.8 Å². The summed E-state index contributed by atoms with van der Waals surface area (Å²) in [6.07, 6.45) is 0. The summed E-state index contributed by atoms with van der Waals surface area (Å²) in [5.74, 6) is 1.97. The van der Waals surface area contributed by atoms with Crippen molar-refractivity contribution in [2.75, 3.05) is 0 Å². The largest absolute Gasteiger partial charge is 0.309 e. The third-order valence-electron chi connectivity index (χ3n) is 10.2. The molecule has 0 spiro atoms. The number of nitrogens with zero attached hydrogens (tertiary/aromatic N) is 4. The van der Waals surface area contributed by atoms with Gasteiger partial charge in [0, 0.05) is 53.0 Å². The van der Waals surface area contributed by atoms with E-state index in [0.29, 0.717) is 17.5 Å². The Labute approximate surface area is 302 Å². The second-order valence-corrected chi connectivity index (χ2v) is 14.3. The molecule has 0 radical (unpaired) electrons. The van der Waals surface area contributed by atoms with Crippen molar-refractivity contribution in [2.24, 2.45) is 0 Å². The lowest BCUT2D eigenvalue weighted by Crippen LogP contribution is -2.01. The summed E-state index contributed by atoms with van der Waals surface area (Å²) < 4.78 is 4.85. The molecule has 0 aliphatic carbocycles. The van der Waals surface area contributed by atoms with E-state index in [4.69, 9.17) is 15.0 Å². The van der Waals surface area contributed by atoms with Crippen LogP contribution in [0.3, 0.4) is 0 Å². The molecule has 0 saturated heterocycles. The minimum Gasteiger partial charge on any atom is -0.309 e. The number of thiophene rings is 1. The highest BCUT2D eigenvalue weighted by molar-refractivity contribution is 7.26. The molecule has 0 N–H and O–H groups in total. The van der Waals surface area contributed by atoms with Crippen LogP contribution in [0.5, 0.6) is 0 Å². The molecule has 11 rings (SSSR count). The van der Waals surface area contributed by atoms with Gasteiger partial charge in [-0.25, -0.2) is 15.0 Å². The van der Waals surface area contributed by atoms with Crippen molar-refractivity contribution in [2.45, 2.75) is 0 Å². The Morgan fingerprint density at radius 2 is 1.00 bits per heavy atom. The first-order valence-electron chi connectivity index (χ1n) is 17.5. The molecular formula is C47H28N4S. The van der Waals surface area contributed by atoms with Crippen molar-refractivity contribution in [3.8, 4) is 39.9 Å². The zero-order valence-corrected chi connectivity index (χ0v) is 28.7. The molecular weight excluding hydrogens is 653 g/mol. The molecule has 3 aromatic heterocycles. The highest BCUT2D eigenvalue weighted by Gasteiger charge is 2.20. The average molecular weight is 681 g/mol. The van der Waals surface area contributed by atoms with Crippen LogP contribution < -0.4 is 0 Å². The van der Waals surface area contributed by atoms with E-state index in [2.05, 4.69) is 156 Å². The highest BCUT2D eigenvalue weighted by Crippen LogP contribution is 2.41. The third-order valence-corrected chi connectivity index (χ3v) is 11.5. The number of rotatable bonds is 4. The lowest BCUT2D eigenvalue weighted by Gasteiger charge is -2.15. The highest BCUT2D eigenvalue weighted by atomic mass is 32.1. The molecule has 0 amide bonds. The monoisotopic (exact) mass is 680 g/mol. The molecule has 52 heavy (non-hydrogen) atoms. The van der Waals surface area contributed by atoms with Gasteiger partial charge in [0.1, 0.15) is 0 Å². The van der Waals surface area contributed by atoms with Gasteiger partial charge in [-0.05, 0) is 52.6 Å². The van der Waals surface area contributed by atoms with E-state index in [1.54, 1.807) is 11.3 Å². The van der Waals surface area contributed by atoms with E-state index in [1.807, 2.05) is 18.2 Å². The van der Waals surface area contributed by atoms with Gasteiger partial charge in [0.15, 0.2) is 17.5 Å². The van der Waals surface area contributed by atoms with Crippen LogP contribution in [0.2, 0.25) is 0 Å². The lowest BCUT2D eigenvalue weighted by atomic mass is 10.0. The van der Waals surface area contributed by atoms with Crippen molar-refractivity contribution in [3.63, 3.8) is 0 Å². The minimum atomic E-state index is 0.651. The first-order valence-corrected chi connectivity index (χ1v) is 18.3. The predicted octanol–water partition coefficient (Wildman–Crippen LogP) is 12.6. The fourth-order valence-electron chi connectivity index (χ4n) is 7.85. The zero-order valence-electron chi connectivity index (χ0n) is 27.9. The molecule has 0 saturated carbocycles. The fourth-order valence-corrected chi connectivity index (χ4v) is 9.07. The summed E-state index contributed by atoms with van der Waals surface area (Å²) in [5.41, 5.74) is 6.41. The zero-order chi connectivity index (χ0) is 34.2. The number of hydrogen-bond donors (Lipinski definition) is 0. The first kappa shape index (κ1) is 29.1. The van der Waals surface area contributed by atoms with Gasteiger partial charge in [-0.2, -0.15) is 0 Å². The number of aromatic nitrogens is 4. The summed E-state index contributed by atoms with van der Waals surface area (Å²) in [4.78, 5) is 15.6. The van der Waals surface area contributed by atoms with Crippen molar-refractivity contribution >= 4 is 74.9 Å². The van der Waals surface area contributed by atoms with Gasteiger partial charge in [-0.15, -0.1) is 11.3 Å². The Hall–Kier alpha value is -6.69. The van der Waals surface area contributed by atoms with Gasteiger partial charge in [0.25, 0.3) is 0 Å². The molecule has 0 bridgehead atoms. The van der Waals surface area contributed by atoms with E-state index in [0.717, 1.165) is 33.2 Å². The number of fused-ring (bicyclic) bond motifs is 8. The second kappa shape index (κ2) is 11.4. The van der Waals surface area contributed by atoms with Crippen molar-refractivity contribution < 1.29 is 0 Å². The van der Waals surface area contributed by atoms with Gasteiger partial charge in [-0.1, -0.05) is 133 Å². The van der Waals surface area contributed by atoms with Gasteiger partial charge in [0.2, 0.25) is 0 Å². The molecule has 0 atom stereocenters. The van der Waals surface area contributed by atoms with E-state index in [-0.39, 0.29) is 0 Å². The van der Waals surface area contributed by atoms with Crippen molar-refractivity contribution in [1.82, 2.24) is 19.5 Å². The van der Waals surface area contributed by atoms with Crippen LogP contribution in [-0.4, -0.2) is 19.5 Å². The number of hydrogen-bond acceptors (Lipinski definition) is 4. The van der Waals surface area contributed by atoms with Gasteiger partial charge in [0.05, 0.1) is 16.7 Å². The molecule has 5 heteroatoms. The Kier molecular flexibility index (Phi) is 6.39. The van der Waals surface area contributed by atoms with Crippen LogP contribution in [0.15, 0.2) is 170 Å². The normalized spacial score (nSPS) is 11.8. The van der Waals surface area contributed by atoms with E-state index < -0.39 is 0 Å². The molecule has 3 heterocycles. The first-order chi connectivity index (χ1) is 25.8. The Bertz CT molecular complexity index is 3190. The van der Waals surface area contributed by atoms with E-state index >= 15 is 0 Å². The maximum Gasteiger partial charge on any atom is 0.165 e. The molecule has 0 fully saturated rings. The van der Waals surface area contributed by atoms with Crippen molar-refractivity contribution in [1.29, 1.82) is 0 Å². The molecule has 0 aliphatic heterocycles. The molecule has 11 aromatic rings. The van der Waals surface area contributed by atoms with Gasteiger partial charge in [-0.3, -0.25) is 0 Å². The average Bonchev–Trinajstić information content (AvgIpc) is 3.75. The van der Waals surface area contributed by atoms with Crippen LogP contribution in [0, 0.1) is 0 Å². The molecule has 0 unspecified atom stereocenters. The molecule has 242 valence electrons.